The molecular weight excluding hydrogens is 454 g/mol. The lowest BCUT2D eigenvalue weighted by Crippen LogP contribution is -2.43. The van der Waals surface area contributed by atoms with Gasteiger partial charge in [0.05, 0.1) is 47.5 Å². The predicted molar refractivity (Wildman–Crippen MR) is 128 cm³/mol. The van der Waals surface area contributed by atoms with E-state index < -0.39 is 0 Å². The van der Waals surface area contributed by atoms with Crippen LogP contribution in [0.4, 0.5) is 5.82 Å². The molecule has 3 aromatic rings. The Labute approximate surface area is 201 Å². The molecule has 0 aliphatic carbocycles. The number of pyridine rings is 3. The fraction of sp³-hybridized carbons (Fsp3) is 0.375. The molecule has 5 rings (SSSR count). The molecule has 2 N–H and O–H groups in total. The van der Waals surface area contributed by atoms with Crippen LogP contribution in [0.2, 0.25) is 0 Å². The molecule has 1 saturated heterocycles. The first-order valence-corrected chi connectivity index (χ1v) is 12.2. The molecule has 0 aromatic carbocycles. The summed E-state index contributed by atoms with van der Waals surface area (Å²) in [7, 11) is 1.60. The van der Waals surface area contributed by atoms with Gasteiger partial charge in [-0.3, -0.25) is 14.6 Å². The van der Waals surface area contributed by atoms with Gasteiger partial charge >= 0.3 is 0 Å². The zero-order valence-corrected chi connectivity index (χ0v) is 19.6. The van der Waals surface area contributed by atoms with E-state index in [1.807, 2.05) is 24.3 Å². The first-order valence-electron chi connectivity index (χ1n) is 11.2. The van der Waals surface area contributed by atoms with Crippen LogP contribution in [0.5, 0.6) is 5.88 Å². The third-order valence-electron chi connectivity index (χ3n) is 6.00. The first-order chi connectivity index (χ1) is 16.6. The lowest BCUT2D eigenvalue weighted by Gasteiger charge is -2.29. The molecule has 0 radical (unpaired) electrons. The van der Waals surface area contributed by atoms with Crippen molar-refractivity contribution in [3.8, 4) is 5.88 Å². The second kappa shape index (κ2) is 9.94. The van der Waals surface area contributed by atoms with Gasteiger partial charge in [0.1, 0.15) is 11.5 Å². The molecule has 34 heavy (non-hydrogen) atoms. The number of aromatic nitrogens is 3. The van der Waals surface area contributed by atoms with Crippen LogP contribution in [0.1, 0.15) is 35.3 Å². The van der Waals surface area contributed by atoms with Crippen molar-refractivity contribution in [3.05, 3.63) is 47.8 Å². The summed E-state index contributed by atoms with van der Waals surface area (Å²) in [5, 5.41) is 5.72. The number of thioether (sulfide) groups is 1. The van der Waals surface area contributed by atoms with Crippen LogP contribution in [-0.4, -0.2) is 58.4 Å². The van der Waals surface area contributed by atoms with Crippen molar-refractivity contribution in [1.82, 2.24) is 20.3 Å². The molecule has 2 aliphatic heterocycles. The van der Waals surface area contributed by atoms with Gasteiger partial charge in [-0.15, -0.1) is 11.8 Å². The van der Waals surface area contributed by atoms with Gasteiger partial charge in [-0.2, -0.15) is 0 Å². The molecule has 3 aromatic heterocycles. The lowest BCUT2D eigenvalue weighted by atomic mass is 9.98. The number of carbonyl (C=O) groups excluding carboxylic acids is 2. The molecule has 2 atom stereocenters. The fourth-order valence-electron chi connectivity index (χ4n) is 4.19. The van der Waals surface area contributed by atoms with Gasteiger partial charge < -0.3 is 20.1 Å². The highest BCUT2D eigenvalue weighted by Gasteiger charge is 2.25. The second-order valence-corrected chi connectivity index (χ2v) is 9.33. The summed E-state index contributed by atoms with van der Waals surface area (Å²) >= 11 is 1.42. The van der Waals surface area contributed by atoms with Gasteiger partial charge in [-0.1, -0.05) is 0 Å². The van der Waals surface area contributed by atoms with Crippen LogP contribution in [-0.2, 0) is 16.0 Å². The van der Waals surface area contributed by atoms with Crippen molar-refractivity contribution in [1.29, 1.82) is 0 Å². The Morgan fingerprint density at radius 2 is 2.15 bits per heavy atom. The fourth-order valence-corrected chi connectivity index (χ4v) is 4.95. The minimum atomic E-state index is -0.261. The number of hydrogen-bond acceptors (Lipinski definition) is 8. The minimum Gasteiger partial charge on any atom is -0.481 e. The first kappa shape index (κ1) is 22.5. The molecule has 9 nitrogen and oxygen atoms in total. The Morgan fingerprint density at radius 1 is 1.24 bits per heavy atom. The number of aryl methyl sites for hydroxylation is 1. The summed E-state index contributed by atoms with van der Waals surface area (Å²) < 4.78 is 11.3. The largest absolute Gasteiger partial charge is 0.481 e. The normalized spacial score (nSPS) is 19.9. The molecule has 0 bridgehead atoms. The average molecular weight is 480 g/mol. The summed E-state index contributed by atoms with van der Waals surface area (Å²) in [5.41, 5.74) is 3.11. The van der Waals surface area contributed by atoms with Crippen LogP contribution in [0.25, 0.3) is 11.0 Å². The Kier molecular flexibility index (Phi) is 6.59. The third-order valence-corrected chi connectivity index (χ3v) is 7.05. The van der Waals surface area contributed by atoms with Gasteiger partial charge in [0.25, 0.3) is 5.91 Å². The number of nitrogens with one attached hydrogen (secondary N) is 2. The van der Waals surface area contributed by atoms with Gasteiger partial charge in [0.2, 0.25) is 11.8 Å². The van der Waals surface area contributed by atoms with E-state index in [0.29, 0.717) is 24.1 Å². The predicted octanol–water partition coefficient (Wildman–Crippen LogP) is 2.99. The number of fused-ring (bicyclic) bond motifs is 2. The summed E-state index contributed by atoms with van der Waals surface area (Å²) in [6.45, 7) is 0.455. The number of rotatable bonds is 6. The monoisotopic (exact) mass is 479 g/mol. The molecule has 2 aliphatic rings. The van der Waals surface area contributed by atoms with Crippen LogP contribution in [0, 0.1) is 0 Å². The number of hydrogen-bond donors (Lipinski definition) is 2. The molecule has 0 spiro atoms. The van der Waals surface area contributed by atoms with E-state index in [0.717, 1.165) is 47.2 Å². The van der Waals surface area contributed by atoms with Crippen molar-refractivity contribution in [2.45, 2.75) is 42.7 Å². The Morgan fingerprint density at radius 3 is 2.97 bits per heavy atom. The molecule has 10 heteroatoms. The molecule has 1 fully saturated rings. The van der Waals surface area contributed by atoms with E-state index in [1.165, 1.54) is 11.8 Å². The van der Waals surface area contributed by atoms with Crippen molar-refractivity contribution in [2.75, 3.05) is 24.8 Å². The van der Waals surface area contributed by atoms with E-state index in [9.17, 15) is 9.59 Å². The highest BCUT2D eigenvalue weighted by molar-refractivity contribution is 8.00. The van der Waals surface area contributed by atoms with Crippen molar-refractivity contribution >= 4 is 40.4 Å². The van der Waals surface area contributed by atoms with Crippen LogP contribution in [0.3, 0.4) is 0 Å². The van der Waals surface area contributed by atoms with Crippen LogP contribution < -0.4 is 15.4 Å². The Balaban J connectivity index is 1.14. The van der Waals surface area contributed by atoms with Crippen molar-refractivity contribution < 1.29 is 19.1 Å². The standard InChI is InChI=1S/C24H25N5O4S/c1-32-21-9-7-17-22(29-21)14(10-11-25-17)2-4-16-5-3-15(12-33-16)26-24(31)18-6-8-19-23(27-18)28-20(30)13-34-19/h6-11,15-16H,2-5,12-13H2,1H3,(H,26,31)(H,27,28,30)/t15-,16-/m1/s1. The summed E-state index contributed by atoms with van der Waals surface area (Å²) in [5.74, 6) is 1.02. The topological polar surface area (TPSA) is 115 Å². The number of amides is 2. The van der Waals surface area contributed by atoms with Gasteiger partial charge in [0.15, 0.2) is 0 Å². The minimum absolute atomic E-state index is 0.0711. The number of methoxy groups -OCH3 is 1. The number of carbonyl (C=O) groups is 2. The summed E-state index contributed by atoms with van der Waals surface area (Å²) in [4.78, 5) is 38.4. The highest BCUT2D eigenvalue weighted by Crippen LogP contribution is 2.30. The summed E-state index contributed by atoms with van der Waals surface area (Å²) in [6, 6.07) is 9.16. The highest BCUT2D eigenvalue weighted by atomic mass is 32.2. The van der Waals surface area contributed by atoms with E-state index >= 15 is 0 Å². The zero-order chi connectivity index (χ0) is 23.5. The maximum absolute atomic E-state index is 12.7. The molecular formula is C24H25N5O4S. The molecule has 2 amide bonds. The lowest BCUT2D eigenvalue weighted by molar-refractivity contribution is -0.113. The van der Waals surface area contributed by atoms with E-state index in [4.69, 9.17) is 9.47 Å². The number of anilines is 1. The van der Waals surface area contributed by atoms with Gasteiger partial charge in [-0.05, 0) is 55.5 Å². The molecule has 0 saturated carbocycles. The molecule has 176 valence electrons. The Bertz CT molecular complexity index is 1230. The number of nitrogens with zero attached hydrogens (tertiary/aromatic N) is 3. The maximum atomic E-state index is 12.7. The molecule has 5 heterocycles. The average Bonchev–Trinajstić information content (AvgIpc) is 2.87. The van der Waals surface area contributed by atoms with Crippen molar-refractivity contribution in [3.63, 3.8) is 0 Å². The molecule has 0 unspecified atom stereocenters. The SMILES string of the molecule is COc1ccc2nccc(CC[C@@H]3CC[C@@H](NC(=O)c4ccc5c(n4)NC(=O)CS5)CO3)c2n1. The van der Waals surface area contributed by atoms with Gasteiger partial charge in [-0.25, -0.2) is 9.97 Å². The van der Waals surface area contributed by atoms with E-state index in [-0.39, 0.29) is 29.7 Å². The van der Waals surface area contributed by atoms with E-state index in [1.54, 1.807) is 19.4 Å². The quantitative estimate of drug-likeness (QED) is 0.555. The third kappa shape index (κ3) is 4.97. The Hall–Kier alpha value is -3.24. The van der Waals surface area contributed by atoms with E-state index in [2.05, 4.69) is 25.6 Å². The van der Waals surface area contributed by atoms with Crippen molar-refractivity contribution in [2.24, 2.45) is 0 Å². The van der Waals surface area contributed by atoms with Gasteiger partial charge in [0, 0.05) is 12.3 Å². The van der Waals surface area contributed by atoms with Crippen LogP contribution in [0.15, 0.2) is 41.4 Å². The second-order valence-electron chi connectivity index (χ2n) is 8.31. The number of ether oxygens (including phenoxy) is 2. The zero-order valence-electron chi connectivity index (χ0n) is 18.7. The van der Waals surface area contributed by atoms with Crippen LogP contribution >= 0.6 is 11.8 Å². The smallest absolute Gasteiger partial charge is 0.270 e. The maximum Gasteiger partial charge on any atom is 0.270 e. The summed E-state index contributed by atoms with van der Waals surface area (Å²) in [6.07, 6.45) is 5.30.